The molecule has 2 nitrogen and oxygen atoms in total. The van der Waals surface area contributed by atoms with E-state index in [9.17, 15) is 0 Å². The van der Waals surface area contributed by atoms with Crippen molar-refractivity contribution in [1.29, 1.82) is 0 Å². The molecule has 0 saturated heterocycles. The van der Waals surface area contributed by atoms with Gasteiger partial charge in [0.15, 0.2) is 0 Å². The number of fused-ring (bicyclic) bond motifs is 10. The molecular formula is C33H20N2. The van der Waals surface area contributed by atoms with E-state index in [1.165, 1.54) is 65.8 Å². The SMILES string of the molecule is c1ccc(-n2cc3c4c(cccc42)-c2c(c4ccccc4c4ccccc24)-c2ccccc2-3)nc1. The molecule has 0 amide bonds. The summed E-state index contributed by atoms with van der Waals surface area (Å²) in [6.07, 6.45) is 4.13. The number of rotatable bonds is 1. The third-order valence-electron chi connectivity index (χ3n) is 7.41. The Morgan fingerprint density at radius 1 is 0.457 bits per heavy atom. The van der Waals surface area contributed by atoms with Gasteiger partial charge in [-0.3, -0.25) is 0 Å². The highest BCUT2D eigenvalue weighted by molar-refractivity contribution is 6.27. The Morgan fingerprint density at radius 3 is 1.77 bits per heavy atom. The molecule has 1 aliphatic rings. The second-order valence-corrected chi connectivity index (χ2v) is 9.19. The van der Waals surface area contributed by atoms with Crippen molar-refractivity contribution < 1.29 is 0 Å². The highest BCUT2D eigenvalue weighted by atomic mass is 15.0. The summed E-state index contributed by atoms with van der Waals surface area (Å²) in [6, 6.07) is 39.3. The van der Waals surface area contributed by atoms with Crippen molar-refractivity contribution in [2.45, 2.75) is 0 Å². The fourth-order valence-corrected chi connectivity index (χ4v) is 6.02. The maximum Gasteiger partial charge on any atom is 0.137 e. The van der Waals surface area contributed by atoms with Crippen LogP contribution in [-0.4, -0.2) is 9.55 Å². The van der Waals surface area contributed by atoms with Gasteiger partial charge < -0.3 is 4.57 Å². The van der Waals surface area contributed by atoms with Crippen LogP contribution in [0.4, 0.5) is 0 Å². The molecule has 2 aromatic heterocycles. The van der Waals surface area contributed by atoms with E-state index in [1.807, 2.05) is 18.3 Å². The van der Waals surface area contributed by atoms with Gasteiger partial charge in [0.05, 0.1) is 5.52 Å². The minimum atomic E-state index is 0.933. The zero-order valence-corrected chi connectivity index (χ0v) is 18.9. The molecule has 0 spiro atoms. The molecule has 0 unspecified atom stereocenters. The Kier molecular flexibility index (Phi) is 3.69. The average molecular weight is 445 g/mol. The lowest BCUT2D eigenvalue weighted by Gasteiger charge is -2.18. The Morgan fingerprint density at radius 2 is 1.06 bits per heavy atom. The van der Waals surface area contributed by atoms with E-state index < -0.39 is 0 Å². The Balaban J connectivity index is 1.66. The van der Waals surface area contributed by atoms with E-state index >= 15 is 0 Å². The molecule has 8 rings (SSSR count). The third-order valence-corrected chi connectivity index (χ3v) is 7.41. The summed E-state index contributed by atoms with van der Waals surface area (Å²) in [5.41, 5.74) is 8.88. The summed E-state index contributed by atoms with van der Waals surface area (Å²) in [6.45, 7) is 0. The lowest BCUT2D eigenvalue weighted by Crippen LogP contribution is -1.95. The van der Waals surface area contributed by atoms with Gasteiger partial charge in [-0.1, -0.05) is 91.0 Å². The molecule has 2 heterocycles. The Bertz CT molecular complexity index is 1940. The van der Waals surface area contributed by atoms with Gasteiger partial charge in [0, 0.05) is 23.3 Å². The molecule has 1 aliphatic carbocycles. The van der Waals surface area contributed by atoms with E-state index in [2.05, 4.69) is 113 Å². The molecule has 0 N–H and O–H groups in total. The average Bonchev–Trinajstić information content (AvgIpc) is 3.27. The van der Waals surface area contributed by atoms with Gasteiger partial charge in [0.1, 0.15) is 5.82 Å². The van der Waals surface area contributed by atoms with E-state index in [1.54, 1.807) is 0 Å². The quantitative estimate of drug-likeness (QED) is 0.232. The van der Waals surface area contributed by atoms with Crippen LogP contribution in [-0.2, 0) is 0 Å². The lowest BCUT2D eigenvalue weighted by molar-refractivity contribution is 1.04. The van der Waals surface area contributed by atoms with Gasteiger partial charge in [-0.25, -0.2) is 4.98 Å². The van der Waals surface area contributed by atoms with Gasteiger partial charge in [-0.05, 0) is 67.6 Å². The van der Waals surface area contributed by atoms with Crippen molar-refractivity contribution in [1.82, 2.24) is 9.55 Å². The maximum atomic E-state index is 4.67. The molecule has 0 bridgehead atoms. The summed E-state index contributed by atoms with van der Waals surface area (Å²) >= 11 is 0. The van der Waals surface area contributed by atoms with E-state index in [0.717, 1.165) is 5.82 Å². The van der Waals surface area contributed by atoms with Crippen LogP contribution in [0.1, 0.15) is 0 Å². The minimum Gasteiger partial charge on any atom is -0.301 e. The standard InChI is InChI=1S/C33H20N2/c1-4-13-24-21(10-1)22-11-2-5-14-25(22)33-27-16-9-17-29-31(27)28(20-35(29)30-18-7-8-19-34-30)23-12-3-6-15-26(23)32(24)33/h1-20H. The van der Waals surface area contributed by atoms with Crippen LogP contribution >= 0.6 is 0 Å². The highest BCUT2D eigenvalue weighted by Gasteiger charge is 2.27. The van der Waals surface area contributed by atoms with Crippen LogP contribution in [0.15, 0.2) is 122 Å². The highest BCUT2D eigenvalue weighted by Crippen LogP contribution is 2.53. The topological polar surface area (TPSA) is 17.8 Å². The predicted octanol–water partition coefficient (Wildman–Crippen LogP) is 8.65. The van der Waals surface area contributed by atoms with Crippen LogP contribution in [0, 0.1) is 0 Å². The van der Waals surface area contributed by atoms with E-state index in [0.29, 0.717) is 0 Å². The van der Waals surface area contributed by atoms with Gasteiger partial charge in [-0.15, -0.1) is 0 Å². The fraction of sp³-hybridized carbons (Fsp3) is 0. The smallest absolute Gasteiger partial charge is 0.137 e. The molecular weight excluding hydrogens is 424 g/mol. The molecule has 0 atom stereocenters. The summed E-state index contributed by atoms with van der Waals surface area (Å²) in [5, 5.41) is 6.47. The number of aromatic nitrogens is 2. The summed E-state index contributed by atoms with van der Waals surface area (Å²) in [7, 11) is 0. The van der Waals surface area contributed by atoms with Gasteiger partial charge in [0.2, 0.25) is 0 Å². The van der Waals surface area contributed by atoms with Crippen molar-refractivity contribution in [2.24, 2.45) is 0 Å². The molecule has 7 aromatic rings. The summed E-state index contributed by atoms with van der Waals surface area (Å²) in [4.78, 5) is 4.67. The van der Waals surface area contributed by atoms with Crippen molar-refractivity contribution >= 4 is 32.4 Å². The molecule has 2 heteroatoms. The molecule has 5 aromatic carbocycles. The van der Waals surface area contributed by atoms with Gasteiger partial charge in [-0.2, -0.15) is 0 Å². The number of hydrogen-bond acceptors (Lipinski definition) is 1. The van der Waals surface area contributed by atoms with Crippen molar-refractivity contribution in [3.05, 3.63) is 122 Å². The summed E-state index contributed by atoms with van der Waals surface area (Å²) in [5.74, 6) is 0.933. The first-order valence-electron chi connectivity index (χ1n) is 12.0. The molecule has 0 fully saturated rings. The zero-order valence-electron chi connectivity index (χ0n) is 18.9. The van der Waals surface area contributed by atoms with E-state index in [4.69, 9.17) is 0 Å². The van der Waals surface area contributed by atoms with Crippen molar-refractivity contribution in [3.8, 4) is 39.2 Å². The second kappa shape index (κ2) is 6.91. The van der Waals surface area contributed by atoms with Crippen LogP contribution in [0.25, 0.3) is 71.6 Å². The van der Waals surface area contributed by atoms with Crippen molar-refractivity contribution in [2.75, 3.05) is 0 Å². The van der Waals surface area contributed by atoms with Crippen LogP contribution in [0.3, 0.4) is 0 Å². The van der Waals surface area contributed by atoms with Crippen LogP contribution < -0.4 is 0 Å². The van der Waals surface area contributed by atoms with Crippen molar-refractivity contribution in [3.63, 3.8) is 0 Å². The van der Waals surface area contributed by atoms with Gasteiger partial charge >= 0.3 is 0 Å². The molecule has 0 saturated carbocycles. The van der Waals surface area contributed by atoms with Gasteiger partial charge in [0.25, 0.3) is 0 Å². The number of pyridine rings is 1. The van der Waals surface area contributed by atoms with Crippen LogP contribution in [0.5, 0.6) is 0 Å². The molecule has 35 heavy (non-hydrogen) atoms. The number of nitrogens with zero attached hydrogens (tertiary/aromatic N) is 2. The second-order valence-electron chi connectivity index (χ2n) is 9.19. The lowest BCUT2D eigenvalue weighted by atomic mass is 9.85. The van der Waals surface area contributed by atoms with Crippen LogP contribution in [0.2, 0.25) is 0 Å². The maximum absolute atomic E-state index is 4.67. The monoisotopic (exact) mass is 444 g/mol. The molecule has 0 aliphatic heterocycles. The first-order chi connectivity index (χ1) is 17.4. The first-order valence-corrected chi connectivity index (χ1v) is 12.0. The number of benzene rings is 5. The fourth-order valence-electron chi connectivity index (χ4n) is 6.02. The normalized spacial score (nSPS) is 12.0. The molecule has 0 radical (unpaired) electrons. The third kappa shape index (κ3) is 2.46. The largest absolute Gasteiger partial charge is 0.301 e. The predicted molar refractivity (Wildman–Crippen MR) is 146 cm³/mol. The first kappa shape index (κ1) is 18.7. The molecule has 162 valence electrons. The number of hydrogen-bond donors (Lipinski definition) is 0. The van der Waals surface area contributed by atoms with E-state index in [-0.39, 0.29) is 0 Å². The summed E-state index contributed by atoms with van der Waals surface area (Å²) < 4.78 is 2.24. The zero-order chi connectivity index (χ0) is 22.9. The Labute approximate surface area is 202 Å². The Hall–Kier alpha value is -4.69. The minimum absolute atomic E-state index is 0.933.